The van der Waals surface area contributed by atoms with Gasteiger partial charge in [0.25, 0.3) is 0 Å². The van der Waals surface area contributed by atoms with E-state index < -0.39 is 12.6 Å². The normalized spacial score (nSPS) is 11.1. The molecule has 1 heterocycles. The molecule has 134 valence electrons. The van der Waals surface area contributed by atoms with Crippen LogP contribution in [0.3, 0.4) is 0 Å². The van der Waals surface area contributed by atoms with Gasteiger partial charge in [-0.3, -0.25) is 0 Å². The van der Waals surface area contributed by atoms with Crippen LogP contribution in [0.4, 0.5) is 8.78 Å². The molecule has 2 aromatic rings. The van der Waals surface area contributed by atoms with Gasteiger partial charge < -0.3 is 18.7 Å². The zero-order valence-electron chi connectivity index (χ0n) is 13.9. The molecule has 0 bridgehead atoms. The predicted molar refractivity (Wildman–Crippen MR) is 84.4 cm³/mol. The molecule has 0 unspecified atom stereocenters. The monoisotopic (exact) mass is 353 g/mol. The van der Waals surface area contributed by atoms with Crippen LogP contribution in [-0.4, -0.2) is 24.8 Å². The Bertz CT molecular complexity index is 751. The summed E-state index contributed by atoms with van der Waals surface area (Å²) in [6.07, 6.45) is 2.70. The molecular formula is C17H17F2NO5. The van der Waals surface area contributed by atoms with Crippen molar-refractivity contribution in [2.45, 2.75) is 27.1 Å². The summed E-state index contributed by atoms with van der Waals surface area (Å²) in [6, 6.07) is 4.31. The van der Waals surface area contributed by atoms with Crippen molar-refractivity contribution in [3.8, 4) is 11.5 Å². The van der Waals surface area contributed by atoms with Gasteiger partial charge in [-0.2, -0.15) is 8.78 Å². The van der Waals surface area contributed by atoms with Crippen LogP contribution >= 0.6 is 0 Å². The molecule has 0 atom stereocenters. The summed E-state index contributed by atoms with van der Waals surface area (Å²) in [6.45, 7) is 0.586. The number of halogens is 2. The van der Waals surface area contributed by atoms with E-state index in [1.165, 1.54) is 37.5 Å². The Balaban J connectivity index is 1.99. The topological polar surface area (TPSA) is 70.8 Å². The molecule has 8 heteroatoms. The van der Waals surface area contributed by atoms with E-state index in [2.05, 4.69) is 9.89 Å². The number of hydrogen-bond donors (Lipinski definition) is 0. The highest BCUT2D eigenvalue weighted by molar-refractivity contribution is 5.87. The lowest BCUT2D eigenvalue weighted by molar-refractivity contribution is -0.138. The second kappa shape index (κ2) is 8.27. The number of esters is 1. The lowest BCUT2D eigenvalue weighted by Gasteiger charge is -2.10. The van der Waals surface area contributed by atoms with Gasteiger partial charge in [0.05, 0.1) is 18.4 Å². The molecule has 0 aliphatic rings. The molecule has 0 saturated heterocycles. The Hall–Kier alpha value is -2.90. The number of methoxy groups -OCH3 is 1. The number of aryl methyl sites for hydroxylation is 2. The first-order valence-electron chi connectivity index (χ1n) is 7.30. The molecular weight excluding hydrogens is 336 g/mol. The largest absolute Gasteiger partial charge is 0.493 e. The summed E-state index contributed by atoms with van der Waals surface area (Å²) in [4.78, 5) is 11.8. The second-order valence-electron chi connectivity index (χ2n) is 5.03. The number of carbonyl (C=O) groups excluding carboxylic acids is 1. The summed E-state index contributed by atoms with van der Waals surface area (Å²) in [7, 11) is 1.33. The molecule has 0 aliphatic heterocycles. The first kappa shape index (κ1) is 18.4. The Kier molecular flexibility index (Phi) is 6.10. The SMILES string of the molecule is COc1cc(C=CC(=O)OCc2c(C)noc2C)ccc1OC(F)F. The maximum absolute atomic E-state index is 12.3. The summed E-state index contributed by atoms with van der Waals surface area (Å²) in [5.74, 6) is 0.0719. The fourth-order valence-corrected chi connectivity index (χ4v) is 2.04. The van der Waals surface area contributed by atoms with Gasteiger partial charge >= 0.3 is 12.6 Å². The van der Waals surface area contributed by atoms with Gasteiger partial charge in [0.2, 0.25) is 0 Å². The van der Waals surface area contributed by atoms with E-state index in [1.807, 2.05) is 0 Å². The smallest absolute Gasteiger partial charge is 0.387 e. The third-order valence-electron chi connectivity index (χ3n) is 3.36. The van der Waals surface area contributed by atoms with Crippen LogP contribution in [0.25, 0.3) is 6.08 Å². The molecule has 1 aromatic carbocycles. The van der Waals surface area contributed by atoms with E-state index in [9.17, 15) is 13.6 Å². The van der Waals surface area contributed by atoms with E-state index in [4.69, 9.17) is 14.0 Å². The first-order valence-corrected chi connectivity index (χ1v) is 7.30. The zero-order valence-corrected chi connectivity index (χ0v) is 13.9. The van der Waals surface area contributed by atoms with E-state index in [-0.39, 0.29) is 18.1 Å². The average molecular weight is 353 g/mol. The van der Waals surface area contributed by atoms with Gasteiger partial charge in [0, 0.05) is 6.08 Å². The van der Waals surface area contributed by atoms with Crippen molar-refractivity contribution in [1.82, 2.24) is 5.16 Å². The fourth-order valence-electron chi connectivity index (χ4n) is 2.04. The minimum absolute atomic E-state index is 0.0504. The van der Waals surface area contributed by atoms with E-state index in [0.29, 0.717) is 17.0 Å². The first-order chi connectivity index (χ1) is 11.9. The number of rotatable bonds is 7. The van der Waals surface area contributed by atoms with Crippen LogP contribution in [0, 0.1) is 13.8 Å². The summed E-state index contributed by atoms with van der Waals surface area (Å²) < 4.78 is 44.0. The third-order valence-corrected chi connectivity index (χ3v) is 3.36. The van der Waals surface area contributed by atoms with E-state index in [0.717, 1.165) is 5.56 Å². The number of alkyl halides is 2. The van der Waals surface area contributed by atoms with Crippen LogP contribution in [0.15, 0.2) is 28.8 Å². The quantitative estimate of drug-likeness (QED) is 0.559. The lowest BCUT2D eigenvalue weighted by Crippen LogP contribution is -2.03. The second-order valence-corrected chi connectivity index (χ2v) is 5.03. The minimum atomic E-state index is -2.95. The summed E-state index contributed by atoms with van der Waals surface area (Å²) in [5.41, 5.74) is 1.94. The molecule has 0 aliphatic carbocycles. The van der Waals surface area contributed by atoms with Gasteiger partial charge in [-0.25, -0.2) is 4.79 Å². The lowest BCUT2D eigenvalue weighted by atomic mass is 10.2. The van der Waals surface area contributed by atoms with Crippen molar-refractivity contribution in [3.05, 3.63) is 46.9 Å². The number of benzene rings is 1. The molecule has 0 amide bonds. The molecule has 0 spiro atoms. The highest BCUT2D eigenvalue weighted by Crippen LogP contribution is 2.29. The number of aromatic nitrogens is 1. The predicted octanol–water partition coefficient (Wildman–Crippen LogP) is 3.66. The van der Waals surface area contributed by atoms with E-state index in [1.54, 1.807) is 13.8 Å². The van der Waals surface area contributed by atoms with Crippen molar-refractivity contribution < 1.29 is 32.3 Å². The molecule has 25 heavy (non-hydrogen) atoms. The van der Waals surface area contributed by atoms with Crippen molar-refractivity contribution >= 4 is 12.0 Å². The van der Waals surface area contributed by atoms with Crippen LogP contribution in [-0.2, 0) is 16.1 Å². The molecule has 0 N–H and O–H groups in total. The van der Waals surface area contributed by atoms with E-state index >= 15 is 0 Å². The van der Waals surface area contributed by atoms with Gasteiger partial charge in [0.15, 0.2) is 11.5 Å². The van der Waals surface area contributed by atoms with Crippen molar-refractivity contribution in [3.63, 3.8) is 0 Å². The van der Waals surface area contributed by atoms with Gasteiger partial charge in [-0.1, -0.05) is 11.2 Å². The third kappa shape index (κ3) is 5.03. The van der Waals surface area contributed by atoms with Crippen molar-refractivity contribution in [2.75, 3.05) is 7.11 Å². The molecule has 0 saturated carbocycles. The highest BCUT2D eigenvalue weighted by atomic mass is 19.3. The number of nitrogens with zero attached hydrogens (tertiary/aromatic N) is 1. The Labute approximate surface area is 143 Å². The summed E-state index contributed by atoms with van der Waals surface area (Å²) in [5, 5.41) is 3.77. The number of hydrogen-bond acceptors (Lipinski definition) is 6. The minimum Gasteiger partial charge on any atom is -0.493 e. The Morgan fingerprint density at radius 1 is 1.32 bits per heavy atom. The van der Waals surface area contributed by atoms with Gasteiger partial charge in [-0.05, 0) is 37.6 Å². The van der Waals surface area contributed by atoms with Gasteiger partial charge in [0.1, 0.15) is 12.4 Å². The molecule has 0 fully saturated rings. The molecule has 1 aromatic heterocycles. The standard InChI is InChI=1S/C17H17F2NO5/c1-10-13(11(2)25-20-10)9-23-16(21)7-5-12-4-6-14(24-17(18)19)15(8-12)22-3/h4-8,17H,9H2,1-3H3. The van der Waals surface area contributed by atoms with Gasteiger partial charge in [-0.15, -0.1) is 0 Å². The maximum atomic E-state index is 12.3. The van der Waals surface area contributed by atoms with Crippen molar-refractivity contribution in [1.29, 1.82) is 0 Å². The number of ether oxygens (including phenoxy) is 3. The van der Waals surface area contributed by atoms with Crippen LogP contribution in [0.5, 0.6) is 11.5 Å². The molecule has 6 nitrogen and oxygen atoms in total. The zero-order chi connectivity index (χ0) is 18.4. The molecule has 2 rings (SSSR count). The highest BCUT2D eigenvalue weighted by Gasteiger charge is 2.12. The fraction of sp³-hybridized carbons (Fsp3) is 0.294. The van der Waals surface area contributed by atoms with Crippen LogP contribution in [0.1, 0.15) is 22.6 Å². The molecule has 0 radical (unpaired) electrons. The average Bonchev–Trinajstić information content (AvgIpc) is 2.89. The summed E-state index contributed by atoms with van der Waals surface area (Å²) >= 11 is 0. The van der Waals surface area contributed by atoms with Crippen LogP contribution in [0.2, 0.25) is 0 Å². The van der Waals surface area contributed by atoms with Crippen LogP contribution < -0.4 is 9.47 Å². The Morgan fingerprint density at radius 3 is 2.68 bits per heavy atom. The Morgan fingerprint density at radius 2 is 2.08 bits per heavy atom. The van der Waals surface area contributed by atoms with Crippen molar-refractivity contribution in [2.24, 2.45) is 0 Å². The number of carbonyl (C=O) groups is 1. The maximum Gasteiger partial charge on any atom is 0.387 e.